The average molecular weight is 351 g/mol. The van der Waals surface area contributed by atoms with Crippen LogP contribution >= 0.6 is 0 Å². The Morgan fingerprint density at radius 3 is 2.58 bits per heavy atom. The Kier molecular flexibility index (Phi) is 5.22. The molecule has 24 heavy (non-hydrogen) atoms. The maximum Gasteiger partial charge on any atom is 0.282 e. The molecule has 2 heterocycles. The molecule has 0 saturated carbocycles. The largest absolute Gasteiger partial charge is 0.338 e. The molecule has 0 aliphatic carbocycles. The Balaban J connectivity index is 1.68. The molecule has 1 aromatic carbocycles. The number of rotatable bonds is 5. The number of hydrogen-bond acceptors (Lipinski definition) is 3. The minimum Gasteiger partial charge on any atom is -0.338 e. The number of carbonyl (C=O) groups is 1. The summed E-state index contributed by atoms with van der Waals surface area (Å²) in [6.07, 6.45) is 3.17. The fraction of sp³-hybridized carbons (Fsp3) is 0.588. The molecule has 0 radical (unpaired) electrons. The third-order valence-corrected chi connectivity index (χ3v) is 6.78. The summed E-state index contributed by atoms with van der Waals surface area (Å²) in [6, 6.07) is 9.60. The van der Waals surface area contributed by atoms with Gasteiger partial charge in [-0.3, -0.25) is 4.79 Å². The average Bonchev–Trinajstić information content (AvgIpc) is 3.02. The highest BCUT2D eigenvalue weighted by molar-refractivity contribution is 7.86. The van der Waals surface area contributed by atoms with E-state index in [1.54, 1.807) is 7.05 Å². The summed E-state index contributed by atoms with van der Waals surface area (Å²) in [7, 11) is -1.89. The van der Waals surface area contributed by atoms with Gasteiger partial charge in [0, 0.05) is 45.7 Å². The van der Waals surface area contributed by atoms with Crippen LogP contribution in [0.5, 0.6) is 0 Å². The number of carbonyl (C=O) groups excluding carboxylic acids is 1. The van der Waals surface area contributed by atoms with Gasteiger partial charge in [-0.1, -0.05) is 30.3 Å². The molecule has 0 bridgehead atoms. The van der Waals surface area contributed by atoms with Crippen molar-refractivity contribution in [3.63, 3.8) is 0 Å². The van der Waals surface area contributed by atoms with Crippen LogP contribution in [0.25, 0.3) is 0 Å². The molecule has 2 saturated heterocycles. The van der Waals surface area contributed by atoms with Crippen LogP contribution in [0.2, 0.25) is 0 Å². The third-order valence-electron chi connectivity index (χ3n) is 4.88. The number of likely N-dealkylation sites (tertiary alicyclic amines) is 1. The summed E-state index contributed by atoms with van der Waals surface area (Å²) in [5.41, 5.74) is 0.965. The van der Waals surface area contributed by atoms with Crippen molar-refractivity contribution in [2.75, 3.05) is 26.7 Å². The van der Waals surface area contributed by atoms with Crippen LogP contribution in [0.15, 0.2) is 30.3 Å². The van der Waals surface area contributed by atoms with Crippen LogP contribution in [-0.4, -0.2) is 60.6 Å². The number of hydrogen-bond donors (Lipinski definition) is 0. The van der Waals surface area contributed by atoms with E-state index in [-0.39, 0.29) is 11.9 Å². The third kappa shape index (κ3) is 3.63. The Morgan fingerprint density at radius 1 is 1.17 bits per heavy atom. The molecule has 1 atom stereocenters. The van der Waals surface area contributed by atoms with Crippen molar-refractivity contribution in [1.29, 1.82) is 0 Å². The topological polar surface area (TPSA) is 60.9 Å². The van der Waals surface area contributed by atoms with Crippen LogP contribution in [0.4, 0.5) is 0 Å². The summed E-state index contributed by atoms with van der Waals surface area (Å²) >= 11 is 0. The van der Waals surface area contributed by atoms with E-state index in [1.807, 2.05) is 35.2 Å². The lowest BCUT2D eigenvalue weighted by Crippen LogP contribution is -2.52. The fourth-order valence-electron chi connectivity index (χ4n) is 3.56. The van der Waals surface area contributed by atoms with Gasteiger partial charge in [0.25, 0.3) is 10.2 Å². The first kappa shape index (κ1) is 17.4. The van der Waals surface area contributed by atoms with E-state index >= 15 is 0 Å². The first-order valence-electron chi connectivity index (χ1n) is 8.53. The summed E-state index contributed by atoms with van der Waals surface area (Å²) < 4.78 is 28.7. The standard InChI is InChI=1S/C17H25N3O3S/c1-18(13-15-7-3-2-4-8-15)24(22,23)19-11-5-9-16(14-19)20-12-6-10-17(20)21/h2-4,7-8,16H,5-6,9-14H2,1H3/t16-/m1/s1. The number of nitrogens with zero attached hydrogens (tertiary/aromatic N) is 3. The lowest BCUT2D eigenvalue weighted by molar-refractivity contribution is -0.130. The Labute approximate surface area is 144 Å². The Hall–Kier alpha value is -1.44. The van der Waals surface area contributed by atoms with Gasteiger partial charge >= 0.3 is 0 Å². The molecular weight excluding hydrogens is 326 g/mol. The number of amides is 1. The predicted molar refractivity (Wildman–Crippen MR) is 92.4 cm³/mol. The molecule has 2 fully saturated rings. The summed E-state index contributed by atoms with van der Waals surface area (Å²) in [4.78, 5) is 13.8. The normalized spacial score (nSPS) is 23.2. The van der Waals surface area contributed by atoms with E-state index < -0.39 is 10.2 Å². The van der Waals surface area contributed by atoms with E-state index in [0.717, 1.165) is 31.4 Å². The van der Waals surface area contributed by atoms with E-state index in [0.29, 0.717) is 26.1 Å². The maximum absolute atomic E-state index is 12.9. The lowest BCUT2D eigenvalue weighted by Gasteiger charge is -2.38. The van der Waals surface area contributed by atoms with E-state index in [2.05, 4.69) is 0 Å². The quantitative estimate of drug-likeness (QED) is 0.807. The van der Waals surface area contributed by atoms with Gasteiger partial charge in [0.05, 0.1) is 0 Å². The molecule has 3 rings (SSSR count). The minimum atomic E-state index is -3.51. The molecule has 0 N–H and O–H groups in total. The van der Waals surface area contributed by atoms with Crippen molar-refractivity contribution in [3.05, 3.63) is 35.9 Å². The molecule has 0 spiro atoms. The van der Waals surface area contributed by atoms with Crippen LogP contribution in [0.3, 0.4) is 0 Å². The van der Waals surface area contributed by atoms with E-state index in [1.165, 1.54) is 8.61 Å². The summed E-state index contributed by atoms with van der Waals surface area (Å²) in [5.74, 6) is 0.164. The first-order valence-corrected chi connectivity index (χ1v) is 9.93. The number of benzene rings is 1. The fourth-order valence-corrected chi connectivity index (χ4v) is 4.99. The van der Waals surface area contributed by atoms with Gasteiger partial charge in [-0.2, -0.15) is 17.0 Å². The highest BCUT2D eigenvalue weighted by atomic mass is 32.2. The van der Waals surface area contributed by atoms with Crippen LogP contribution in [-0.2, 0) is 21.5 Å². The van der Waals surface area contributed by atoms with E-state index in [9.17, 15) is 13.2 Å². The first-order chi connectivity index (χ1) is 11.5. The second-order valence-corrected chi connectivity index (χ2v) is 8.63. The predicted octanol–water partition coefficient (Wildman–Crippen LogP) is 1.45. The van der Waals surface area contributed by atoms with Crippen LogP contribution in [0.1, 0.15) is 31.2 Å². The smallest absolute Gasteiger partial charge is 0.282 e. The Bertz CT molecular complexity index is 678. The highest BCUT2D eigenvalue weighted by Crippen LogP contribution is 2.24. The second-order valence-electron chi connectivity index (χ2n) is 6.59. The van der Waals surface area contributed by atoms with Crippen molar-refractivity contribution in [2.24, 2.45) is 0 Å². The van der Waals surface area contributed by atoms with E-state index in [4.69, 9.17) is 0 Å². The van der Waals surface area contributed by atoms with Gasteiger partial charge in [0.15, 0.2) is 0 Å². The molecule has 0 unspecified atom stereocenters. The van der Waals surface area contributed by atoms with Crippen molar-refractivity contribution < 1.29 is 13.2 Å². The summed E-state index contributed by atoms with van der Waals surface area (Å²) in [6.45, 7) is 2.05. The second kappa shape index (κ2) is 7.21. The molecular formula is C17H25N3O3S. The minimum absolute atomic E-state index is 0.0219. The molecule has 0 aromatic heterocycles. The number of piperidine rings is 1. The highest BCUT2D eigenvalue weighted by Gasteiger charge is 2.36. The van der Waals surface area contributed by atoms with Gasteiger partial charge in [0.1, 0.15) is 0 Å². The summed E-state index contributed by atoms with van der Waals surface area (Å²) in [5, 5.41) is 0. The molecule has 1 aromatic rings. The van der Waals surface area contributed by atoms with Gasteiger partial charge in [-0.15, -0.1) is 0 Å². The van der Waals surface area contributed by atoms with Gasteiger partial charge in [-0.25, -0.2) is 0 Å². The molecule has 1 amide bonds. The zero-order valence-corrected chi connectivity index (χ0v) is 14.9. The van der Waals surface area contributed by atoms with Gasteiger partial charge < -0.3 is 4.90 Å². The van der Waals surface area contributed by atoms with Gasteiger partial charge in [0.2, 0.25) is 5.91 Å². The zero-order chi connectivity index (χ0) is 17.2. The van der Waals surface area contributed by atoms with Crippen LogP contribution < -0.4 is 0 Å². The van der Waals surface area contributed by atoms with Crippen molar-refractivity contribution in [2.45, 2.75) is 38.3 Å². The molecule has 6 nitrogen and oxygen atoms in total. The van der Waals surface area contributed by atoms with Crippen LogP contribution in [0, 0.1) is 0 Å². The van der Waals surface area contributed by atoms with Crippen molar-refractivity contribution >= 4 is 16.1 Å². The zero-order valence-electron chi connectivity index (χ0n) is 14.1. The Morgan fingerprint density at radius 2 is 1.92 bits per heavy atom. The SMILES string of the molecule is CN(Cc1ccccc1)S(=O)(=O)N1CCC[C@@H](N2CCCC2=O)C1. The van der Waals surface area contributed by atoms with Gasteiger partial charge in [-0.05, 0) is 24.8 Å². The van der Waals surface area contributed by atoms with Crippen molar-refractivity contribution in [3.8, 4) is 0 Å². The molecule has 132 valence electrons. The maximum atomic E-state index is 12.9. The molecule has 7 heteroatoms. The molecule has 2 aliphatic rings. The van der Waals surface area contributed by atoms with Crippen molar-refractivity contribution in [1.82, 2.24) is 13.5 Å². The molecule has 2 aliphatic heterocycles. The monoisotopic (exact) mass is 351 g/mol. The lowest BCUT2D eigenvalue weighted by atomic mass is 10.1.